The van der Waals surface area contributed by atoms with Crippen LogP contribution in [0.1, 0.15) is 184 Å². The first-order valence-electron chi connectivity index (χ1n) is 26.6. The zero-order valence-electron chi connectivity index (χ0n) is 42.9. The van der Waals surface area contributed by atoms with Crippen molar-refractivity contribution in [1.82, 2.24) is 0 Å². The normalized spacial score (nSPS) is 11.0. The van der Waals surface area contributed by atoms with Gasteiger partial charge in [0.15, 0.2) is 11.5 Å². The topological polar surface area (TPSA) is 124 Å². The van der Waals surface area contributed by atoms with Crippen molar-refractivity contribution in [2.75, 3.05) is 13.2 Å². The van der Waals surface area contributed by atoms with Crippen LogP contribution < -0.4 is 28.4 Å². The third-order valence-corrected chi connectivity index (χ3v) is 12.7. The maximum atomic E-state index is 15.5. The quantitative estimate of drug-likeness (QED) is 0.0229. The van der Waals surface area contributed by atoms with Crippen molar-refractivity contribution < 1.29 is 56.4 Å². The molecule has 392 valence electrons. The predicted octanol–water partition coefficient (Wildman–Crippen LogP) is 16.6. The standard InChI is InChI=1S/C62H70F2O10/c1-3-5-7-9-11-13-15-17-19-23-39-69-49-31-27-45(28-32-49)59(65)71-51-35-37-53(55(63)43-51)61(67)73-57-41-47-25-21-22-26-48(47)42-58(57)74-62(68)54-38-36-52(44-56(54)64)72-60(66)46-29-33-50(34-30-46)70-40-24-20-18-16-14-12-10-8-6-4-2/h21-22,25-38,41-44H,3-20,23-24,39-40H2,1-2H3. The van der Waals surface area contributed by atoms with Crippen molar-refractivity contribution in [3.63, 3.8) is 0 Å². The van der Waals surface area contributed by atoms with Crippen LogP contribution in [0.25, 0.3) is 10.8 Å². The van der Waals surface area contributed by atoms with Gasteiger partial charge in [-0.1, -0.05) is 154 Å². The van der Waals surface area contributed by atoms with Gasteiger partial charge in [0.25, 0.3) is 0 Å². The average molecular weight is 1010 g/mol. The Morgan fingerprint density at radius 2 is 0.676 bits per heavy atom. The number of carbonyl (C=O) groups is 4. The highest BCUT2D eigenvalue weighted by Gasteiger charge is 2.23. The van der Waals surface area contributed by atoms with E-state index < -0.39 is 46.6 Å². The van der Waals surface area contributed by atoms with Gasteiger partial charge in [-0.05, 0) is 109 Å². The molecule has 0 atom stereocenters. The summed E-state index contributed by atoms with van der Waals surface area (Å²) in [6.07, 6.45) is 24.6. The Bertz CT molecular complexity index is 2530. The second kappa shape index (κ2) is 30.8. The molecule has 74 heavy (non-hydrogen) atoms. The molecule has 0 heterocycles. The monoisotopic (exact) mass is 1010 g/mol. The molecule has 0 saturated heterocycles. The van der Waals surface area contributed by atoms with E-state index in [1.54, 1.807) is 72.8 Å². The molecular formula is C62H70F2O10. The Morgan fingerprint density at radius 3 is 1.01 bits per heavy atom. The lowest BCUT2D eigenvalue weighted by molar-refractivity contribution is 0.0676. The lowest BCUT2D eigenvalue weighted by Gasteiger charge is -2.13. The molecule has 6 aromatic carbocycles. The highest BCUT2D eigenvalue weighted by atomic mass is 19.1. The van der Waals surface area contributed by atoms with Gasteiger partial charge in [0.05, 0.1) is 35.5 Å². The number of ether oxygens (including phenoxy) is 6. The number of benzene rings is 6. The Balaban J connectivity index is 0.976. The molecule has 0 fully saturated rings. The maximum Gasteiger partial charge on any atom is 0.346 e. The number of esters is 4. The molecule has 0 aromatic heterocycles. The third-order valence-electron chi connectivity index (χ3n) is 12.7. The van der Waals surface area contributed by atoms with E-state index in [0.29, 0.717) is 35.5 Å². The molecule has 0 bridgehead atoms. The Labute approximate surface area is 434 Å². The number of halogens is 2. The summed E-state index contributed by atoms with van der Waals surface area (Å²) < 4.78 is 64.7. The second-order valence-corrected chi connectivity index (χ2v) is 18.6. The summed E-state index contributed by atoms with van der Waals surface area (Å²) in [5.41, 5.74) is -0.566. The fourth-order valence-electron chi connectivity index (χ4n) is 8.38. The summed E-state index contributed by atoms with van der Waals surface area (Å²) in [7, 11) is 0. The molecule has 0 spiro atoms. The maximum absolute atomic E-state index is 15.5. The molecule has 6 aromatic rings. The third kappa shape index (κ3) is 18.4. The van der Waals surface area contributed by atoms with Crippen molar-refractivity contribution in [1.29, 1.82) is 0 Å². The number of fused-ring (bicyclic) bond motifs is 1. The summed E-state index contributed by atoms with van der Waals surface area (Å²) in [5.74, 6) is -5.43. The second-order valence-electron chi connectivity index (χ2n) is 18.6. The zero-order valence-corrected chi connectivity index (χ0v) is 42.9. The Hall–Kier alpha value is -7.08. The van der Waals surface area contributed by atoms with Crippen LogP contribution in [0.5, 0.6) is 34.5 Å². The zero-order chi connectivity index (χ0) is 52.3. The number of carbonyl (C=O) groups excluding carboxylic acids is 4. The van der Waals surface area contributed by atoms with E-state index in [1.165, 1.54) is 127 Å². The van der Waals surface area contributed by atoms with Crippen molar-refractivity contribution in [3.05, 3.63) is 155 Å². The summed E-state index contributed by atoms with van der Waals surface area (Å²) in [6.45, 7) is 5.60. The van der Waals surface area contributed by atoms with Crippen molar-refractivity contribution in [2.24, 2.45) is 0 Å². The van der Waals surface area contributed by atoms with Gasteiger partial charge in [-0.2, -0.15) is 0 Å². The van der Waals surface area contributed by atoms with Crippen LogP contribution >= 0.6 is 0 Å². The van der Waals surface area contributed by atoms with Gasteiger partial charge in [-0.3, -0.25) is 0 Å². The van der Waals surface area contributed by atoms with Crippen LogP contribution in [-0.2, 0) is 0 Å². The fraction of sp³-hybridized carbons (Fsp3) is 0.387. The van der Waals surface area contributed by atoms with Crippen LogP contribution in [0, 0.1) is 11.6 Å². The van der Waals surface area contributed by atoms with Gasteiger partial charge >= 0.3 is 23.9 Å². The average Bonchev–Trinajstić information content (AvgIpc) is 3.40. The van der Waals surface area contributed by atoms with E-state index in [0.717, 1.165) is 49.9 Å². The molecule has 0 amide bonds. The van der Waals surface area contributed by atoms with Crippen LogP contribution in [0.2, 0.25) is 0 Å². The summed E-state index contributed by atoms with van der Waals surface area (Å²) in [4.78, 5) is 52.8. The summed E-state index contributed by atoms with van der Waals surface area (Å²) in [6, 6.07) is 29.2. The lowest BCUT2D eigenvalue weighted by Crippen LogP contribution is -2.15. The van der Waals surface area contributed by atoms with Crippen LogP contribution in [0.3, 0.4) is 0 Å². The van der Waals surface area contributed by atoms with Crippen LogP contribution in [-0.4, -0.2) is 37.1 Å². The van der Waals surface area contributed by atoms with Gasteiger partial charge < -0.3 is 28.4 Å². The van der Waals surface area contributed by atoms with E-state index in [9.17, 15) is 19.2 Å². The molecule has 0 N–H and O–H groups in total. The molecule has 0 aliphatic rings. The smallest absolute Gasteiger partial charge is 0.346 e. The van der Waals surface area contributed by atoms with Crippen LogP contribution in [0.4, 0.5) is 8.78 Å². The SMILES string of the molecule is CCCCCCCCCCCCOc1ccc(C(=O)Oc2ccc(C(=O)Oc3cc4ccccc4cc3OC(=O)c3ccc(OC(=O)c4ccc(OCCCCCCCCCCCC)cc4)cc3F)c(F)c2)cc1. The number of hydrogen-bond donors (Lipinski definition) is 0. The molecule has 10 nitrogen and oxygen atoms in total. The first-order valence-corrected chi connectivity index (χ1v) is 26.6. The fourth-order valence-corrected chi connectivity index (χ4v) is 8.38. The van der Waals surface area contributed by atoms with Gasteiger partial charge in [-0.15, -0.1) is 0 Å². The molecular weight excluding hydrogens is 943 g/mol. The van der Waals surface area contributed by atoms with E-state index in [-0.39, 0.29) is 34.1 Å². The van der Waals surface area contributed by atoms with Crippen molar-refractivity contribution >= 4 is 34.6 Å². The summed E-state index contributed by atoms with van der Waals surface area (Å²) in [5, 5.41) is 1.19. The van der Waals surface area contributed by atoms with Crippen molar-refractivity contribution in [3.8, 4) is 34.5 Å². The molecule has 0 aliphatic carbocycles. The molecule has 12 heteroatoms. The highest BCUT2D eigenvalue weighted by molar-refractivity contribution is 5.97. The first-order chi connectivity index (χ1) is 36.1. The molecule has 0 saturated carbocycles. The Kier molecular flexibility index (Phi) is 23.4. The van der Waals surface area contributed by atoms with E-state index in [2.05, 4.69) is 13.8 Å². The molecule has 0 radical (unpaired) electrons. The summed E-state index contributed by atoms with van der Waals surface area (Å²) >= 11 is 0. The Morgan fingerprint density at radius 1 is 0.351 bits per heavy atom. The molecule has 0 unspecified atom stereocenters. The van der Waals surface area contributed by atoms with Gasteiger partial charge in [0.1, 0.15) is 34.6 Å². The lowest BCUT2D eigenvalue weighted by atomic mass is 10.1. The molecule has 6 rings (SSSR count). The van der Waals surface area contributed by atoms with Gasteiger partial charge in [0, 0.05) is 12.1 Å². The van der Waals surface area contributed by atoms with E-state index in [4.69, 9.17) is 28.4 Å². The van der Waals surface area contributed by atoms with E-state index >= 15 is 8.78 Å². The van der Waals surface area contributed by atoms with E-state index in [1.807, 2.05) is 0 Å². The molecule has 0 aliphatic heterocycles. The predicted molar refractivity (Wildman–Crippen MR) is 284 cm³/mol. The largest absolute Gasteiger partial charge is 0.494 e. The highest BCUT2D eigenvalue weighted by Crippen LogP contribution is 2.35. The first kappa shape index (κ1) is 56.2. The minimum absolute atomic E-state index is 0.151. The van der Waals surface area contributed by atoms with Gasteiger partial charge in [0.2, 0.25) is 0 Å². The van der Waals surface area contributed by atoms with Crippen LogP contribution in [0.15, 0.2) is 121 Å². The minimum atomic E-state index is -1.15. The van der Waals surface area contributed by atoms with Crippen molar-refractivity contribution in [2.45, 2.75) is 142 Å². The van der Waals surface area contributed by atoms with Gasteiger partial charge in [-0.25, -0.2) is 28.0 Å². The number of rotatable bonds is 32. The minimum Gasteiger partial charge on any atom is -0.494 e. The number of unbranched alkanes of at least 4 members (excludes halogenated alkanes) is 18. The number of hydrogen-bond acceptors (Lipinski definition) is 10.